The lowest BCUT2D eigenvalue weighted by Gasteiger charge is -2.42. The summed E-state index contributed by atoms with van der Waals surface area (Å²) in [6, 6.07) is 6.41. The fourth-order valence-electron chi connectivity index (χ4n) is 3.97. The number of benzene rings is 1. The Hall–Kier alpha value is -1.28. The molecule has 0 aliphatic heterocycles. The van der Waals surface area contributed by atoms with Crippen LogP contribution in [0.1, 0.15) is 36.8 Å². The Morgan fingerprint density at radius 1 is 1.30 bits per heavy atom. The number of aromatic nitrogens is 1. The van der Waals surface area contributed by atoms with E-state index in [1.54, 1.807) is 7.11 Å². The van der Waals surface area contributed by atoms with Gasteiger partial charge in [0.25, 0.3) is 0 Å². The Labute approximate surface area is 179 Å². The molecule has 2 aromatic rings. The second kappa shape index (κ2) is 10.3. The average molecular weight is 484 g/mol. The standard InChI is InChI=1S/C21H32N4O.HI/c1-16-6-4-7-18-19(16)17(14-24-18)8-12-23-20(22-2)25-15-21(9-5-10-21)11-13-26-3;/h4,6-7,14,24H,5,8-13,15H2,1-3H3,(H2,22,23,25);1H. The van der Waals surface area contributed by atoms with E-state index >= 15 is 0 Å². The first-order valence-corrected chi connectivity index (χ1v) is 9.66. The number of rotatable bonds is 8. The minimum atomic E-state index is 0. The first-order valence-electron chi connectivity index (χ1n) is 9.66. The maximum absolute atomic E-state index is 5.28. The van der Waals surface area contributed by atoms with Gasteiger partial charge in [0.15, 0.2) is 5.96 Å². The lowest BCUT2D eigenvalue weighted by Crippen LogP contribution is -2.47. The zero-order valence-corrected chi connectivity index (χ0v) is 19.1. The molecule has 0 amide bonds. The molecule has 0 unspecified atom stereocenters. The van der Waals surface area contributed by atoms with Gasteiger partial charge in [0.05, 0.1) is 0 Å². The molecule has 0 spiro atoms. The van der Waals surface area contributed by atoms with Crippen molar-refractivity contribution in [2.45, 2.75) is 39.0 Å². The average Bonchev–Trinajstić information content (AvgIpc) is 3.03. The van der Waals surface area contributed by atoms with Crippen LogP contribution in [0, 0.1) is 12.3 Å². The monoisotopic (exact) mass is 484 g/mol. The van der Waals surface area contributed by atoms with E-state index in [1.807, 2.05) is 7.05 Å². The molecule has 3 rings (SSSR count). The van der Waals surface area contributed by atoms with Crippen molar-refractivity contribution in [1.29, 1.82) is 0 Å². The number of guanidine groups is 1. The highest BCUT2D eigenvalue weighted by Gasteiger charge is 2.36. The summed E-state index contributed by atoms with van der Waals surface area (Å²) in [5.74, 6) is 0.894. The first kappa shape index (κ1) is 22.0. The molecule has 1 heterocycles. The van der Waals surface area contributed by atoms with Crippen LogP contribution in [-0.4, -0.2) is 44.8 Å². The van der Waals surface area contributed by atoms with Crippen molar-refractivity contribution < 1.29 is 4.74 Å². The van der Waals surface area contributed by atoms with Gasteiger partial charge >= 0.3 is 0 Å². The third-order valence-electron chi connectivity index (χ3n) is 5.79. The quantitative estimate of drug-likeness (QED) is 0.302. The Morgan fingerprint density at radius 3 is 2.78 bits per heavy atom. The predicted octanol–water partition coefficient (Wildman–Crippen LogP) is 4.01. The molecule has 1 saturated carbocycles. The van der Waals surface area contributed by atoms with E-state index in [1.165, 1.54) is 41.3 Å². The smallest absolute Gasteiger partial charge is 0.191 e. The Morgan fingerprint density at radius 2 is 2.11 bits per heavy atom. The number of aliphatic imine (C=N–C) groups is 1. The van der Waals surface area contributed by atoms with Crippen molar-refractivity contribution in [3.63, 3.8) is 0 Å². The Bertz CT molecular complexity index is 752. The van der Waals surface area contributed by atoms with Crippen LogP contribution in [-0.2, 0) is 11.2 Å². The van der Waals surface area contributed by atoms with Gasteiger partial charge in [-0.05, 0) is 55.2 Å². The number of aryl methyl sites for hydroxylation is 1. The van der Waals surface area contributed by atoms with Crippen LogP contribution in [0.4, 0.5) is 0 Å². The van der Waals surface area contributed by atoms with E-state index < -0.39 is 0 Å². The number of nitrogens with zero attached hydrogens (tertiary/aromatic N) is 1. The summed E-state index contributed by atoms with van der Waals surface area (Å²) in [4.78, 5) is 7.76. The number of fused-ring (bicyclic) bond motifs is 1. The van der Waals surface area contributed by atoms with Gasteiger partial charge in [0.2, 0.25) is 0 Å². The van der Waals surface area contributed by atoms with Crippen LogP contribution < -0.4 is 10.6 Å². The van der Waals surface area contributed by atoms with Crippen molar-refractivity contribution >= 4 is 40.8 Å². The number of hydrogen-bond acceptors (Lipinski definition) is 2. The zero-order valence-electron chi connectivity index (χ0n) is 16.7. The normalized spacial score (nSPS) is 15.9. The zero-order chi connectivity index (χ0) is 18.4. The first-order chi connectivity index (χ1) is 12.7. The van der Waals surface area contributed by atoms with Crippen LogP contribution in [0.25, 0.3) is 10.9 Å². The van der Waals surface area contributed by atoms with Gasteiger partial charge in [-0.3, -0.25) is 4.99 Å². The number of ether oxygens (including phenoxy) is 1. The minimum Gasteiger partial charge on any atom is -0.385 e. The molecule has 3 N–H and O–H groups in total. The molecule has 1 aromatic heterocycles. The van der Waals surface area contributed by atoms with Gasteiger partial charge in [-0.1, -0.05) is 18.6 Å². The maximum Gasteiger partial charge on any atom is 0.191 e. The molecule has 1 fully saturated rings. The highest BCUT2D eigenvalue weighted by molar-refractivity contribution is 14.0. The largest absolute Gasteiger partial charge is 0.385 e. The third kappa shape index (κ3) is 5.38. The van der Waals surface area contributed by atoms with Crippen molar-refractivity contribution in [2.75, 3.05) is 33.9 Å². The van der Waals surface area contributed by atoms with Crippen molar-refractivity contribution in [3.05, 3.63) is 35.5 Å². The number of aromatic amines is 1. The van der Waals surface area contributed by atoms with E-state index in [2.05, 4.69) is 51.9 Å². The van der Waals surface area contributed by atoms with Gasteiger partial charge in [-0.2, -0.15) is 0 Å². The molecule has 0 saturated heterocycles. The second-order valence-corrected chi connectivity index (χ2v) is 7.51. The highest BCUT2D eigenvalue weighted by Crippen LogP contribution is 2.43. The van der Waals surface area contributed by atoms with Crippen LogP contribution >= 0.6 is 24.0 Å². The molecule has 0 atom stereocenters. The number of nitrogens with one attached hydrogen (secondary N) is 3. The van der Waals surface area contributed by atoms with Crippen LogP contribution in [0.2, 0.25) is 0 Å². The summed E-state index contributed by atoms with van der Waals surface area (Å²) >= 11 is 0. The van der Waals surface area contributed by atoms with Crippen molar-refractivity contribution in [2.24, 2.45) is 10.4 Å². The molecular formula is C21H33IN4O. The fraction of sp³-hybridized carbons (Fsp3) is 0.571. The summed E-state index contributed by atoms with van der Waals surface area (Å²) in [5, 5.41) is 8.34. The second-order valence-electron chi connectivity index (χ2n) is 7.51. The summed E-state index contributed by atoms with van der Waals surface area (Å²) < 4.78 is 5.28. The minimum absolute atomic E-state index is 0. The van der Waals surface area contributed by atoms with E-state index in [0.29, 0.717) is 5.41 Å². The highest BCUT2D eigenvalue weighted by atomic mass is 127. The molecule has 1 aromatic carbocycles. The van der Waals surface area contributed by atoms with Crippen LogP contribution in [0.3, 0.4) is 0 Å². The van der Waals surface area contributed by atoms with E-state index in [-0.39, 0.29) is 24.0 Å². The Kier molecular flexibility index (Phi) is 8.41. The number of H-pyrrole nitrogens is 1. The van der Waals surface area contributed by atoms with Gasteiger partial charge in [-0.15, -0.1) is 24.0 Å². The predicted molar refractivity (Wildman–Crippen MR) is 124 cm³/mol. The molecule has 0 radical (unpaired) electrons. The fourth-order valence-corrected chi connectivity index (χ4v) is 3.97. The van der Waals surface area contributed by atoms with Gasteiger partial charge in [0.1, 0.15) is 0 Å². The topological polar surface area (TPSA) is 61.4 Å². The van der Waals surface area contributed by atoms with Crippen molar-refractivity contribution in [1.82, 2.24) is 15.6 Å². The third-order valence-corrected chi connectivity index (χ3v) is 5.79. The van der Waals surface area contributed by atoms with E-state index in [9.17, 15) is 0 Å². The summed E-state index contributed by atoms with van der Waals surface area (Å²) in [6.07, 6.45) is 8.13. The molecule has 5 nitrogen and oxygen atoms in total. The van der Waals surface area contributed by atoms with Gasteiger partial charge < -0.3 is 20.4 Å². The number of hydrogen-bond donors (Lipinski definition) is 3. The summed E-state index contributed by atoms with van der Waals surface area (Å²) in [6.45, 7) is 4.85. The van der Waals surface area contributed by atoms with Crippen molar-refractivity contribution in [3.8, 4) is 0 Å². The van der Waals surface area contributed by atoms with Crippen LogP contribution in [0.5, 0.6) is 0 Å². The maximum atomic E-state index is 5.28. The van der Waals surface area contributed by atoms with E-state index in [4.69, 9.17) is 4.74 Å². The summed E-state index contributed by atoms with van der Waals surface area (Å²) in [5.41, 5.74) is 4.29. The number of methoxy groups -OCH3 is 1. The Balaban J connectivity index is 0.00000261. The molecule has 150 valence electrons. The SMILES string of the molecule is CN=C(NCCc1c[nH]c2cccc(C)c12)NCC1(CCOC)CCC1.I. The van der Waals surface area contributed by atoms with Gasteiger partial charge in [0, 0.05) is 51.0 Å². The summed E-state index contributed by atoms with van der Waals surface area (Å²) in [7, 11) is 3.63. The lowest BCUT2D eigenvalue weighted by atomic mass is 9.67. The van der Waals surface area contributed by atoms with Crippen LogP contribution in [0.15, 0.2) is 29.4 Å². The molecule has 1 aliphatic carbocycles. The molecule has 27 heavy (non-hydrogen) atoms. The lowest BCUT2D eigenvalue weighted by molar-refractivity contribution is 0.0732. The van der Waals surface area contributed by atoms with E-state index in [0.717, 1.165) is 38.5 Å². The number of halogens is 1. The van der Waals surface area contributed by atoms with Gasteiger partial charge in [-0.25, -0.2) is 0 Å². The molecule has 0 bridgehead atoms. The molecule has 6 heteroatoms. The molecule has 1 aliphatic rings. The molecular weight excluding hydrogens is 451 g/mol.